The topological polar surface area (TPSA) is 55.6 Å². The molecule has 0 spiro atoms. The first kappa shape index (κ1) is 18.4. The summed E-state index contributed by atoms with van der Waals surface area (Å²) >= 11 is 1.72. The van der Waals surface area contributed by atoms with Gasteiger partial charge >= 0.3 is 0 Å². The molecule has 0 aliphatic rings. The fourth-order valence-corrected chi connectivity index (χ4v) is 4.12. The molecule has 0 fully saturated rings. The van der Waals surface area contributed by atoms with E-state index in [1.807, 2.05) is 25.6 Å². The normalized spacial score (nSPS) is 11.0. The van der Waals surface area contributed by atoms with Gasteiger partial charge in [-0.2, -0.15) is 0 Å². The van der Waals surface area contributed by atoms with E-state index in [-0.39, 0.29) is 0 Å². The fraction of sp³-hybridized carbons (Fsp3) is 0.227. The second-order valence-electron chi connectivity index (χ2n) is 6.98. The van der Waals surface area contributed by atoms with Gasteiger partial charge in [-0.25, -0.2) is 15.0 Å². The molecule has 6 heteroatoms. The molecular formula is C22H23N5S. The Labute approximate surface area is 169 Å². The molecule has 0 saturated carbocycles. The van der Waals surface area contributed by atoms with Gasteiger partial charge in [0.1, 0.15) is 0 Å². The average Bonchev–Trinajstić information content (AvgIpc) is 3.31. The molecule has 4 aromatic rings. The molecular weight excluding hydrogens is 366 g/mol. The Bertz CT molecular complexity index is 1080. The maximum Gasteiger partial charge on any atom is 0.224 e. The lowest BCUT2D eigenvalue weighted by Gasteiger charge is -2.11. The summed E-state index contributed by atoms with van der Waals surface area (Å²) in [5.74, 6) is 0.630. The molecule has 0 aliphatic carbocycles. The van der Waals surface area contributed by atoms with Crippen LogP contribution in [-0.4, -0.2) is 19.5 Å². The van der Waals surface area contributed by atoms with Crippen molar-refractivity contribution in [1.82, 2.24) is 19.5 Å². The smallest absolute Gasteiger partial charge is 0.224 e. The van der Waals surface area contributed by atoms with E-state index in [1.165, 1.54) is 21.6 Å². The summed E-state index contributed by atoms with van der Waals surface area (Å²) in [6.45, 7) is 6.83. The van der Waals surface area contributed by atoms with Crippen LogP contribution in [0.5, 0.6) is 0 Å². The summed E-state index contributed by atoms with van der Waals surface area (Å²) in [5.41, 5.74) is 7.03. The lowest BCUT2D eigenvalue weighted by molar-refractivity contribution is 0.726. The standard InChI is InChI=1S/C22H23N5S/c1-15-4-6-18(7-5-15)10-19-11-23-13-27(19)14-25-22-24-12-20(17(3)26-22)21-16(2)8-9-28-21/h4-9,11-13H,10,14H2,1-3H3,(H,24,25,26). The van der Waals surface area contributed by atoms with Crippen molar-refractivity contribution in [3.63, 3.8) is 0 Å². The zero-order valence-corrected chi connectivity index (χ0v) is 17.1. The number of hydrogen-bond donors (Lipinski definition) is 1. The van der Waals surface area contributed by atoms with Gasteiger partial charge in [-0.1, -0.05) is 29.8 Å². The molecule has 142 valence electrons. The zero-order valence-electron chi connectivity index (χ0n) is 16.3. The summed E-state index contributed by atoms with van der Waals surface area (Å²) in [6, 6.07) is 10.7. The van der Waals surface area contributed by atoms with Crippen molar-refractivity contribution in [2.45, 2.75) is 33.9 Å². The van der Waals surface area contributed by atoms with Gasteiger partial charge in [0.2, 0.25) is 5.95 Å². The zero-order chi connectivity index (χ0) is 19.5. The molecule has 4 rings (SSSR count). The highest BCUT2D eigenvalue weighted by Gasteiger charge is 2.10. The minimum absolute atomic E-state index is 0.581. The number of benzene rings is 1. The Morgan fingerprint density at radius 2 is 1.86 bits per heavy atom. The largest absolute Gasteiger partial charge is 0.336 e. The third kappa shape index (κ3) is 3.97. The van der Waals surface area contributed by atoms with Crippen molar-refractivity contribution in [2.24, 2.45) is 0 Å². The van der Waals surface area contributed by atoms with Crippen molar-refractivity contribution in [3.05, 3.63) is 82.5 Å². The second-order valence-corrected chi connectivity index (χ2v) is 7.89. The Morgan fingerprint density at radius 3 is 2.57 bits per heavy atom. The molecule has 0 atom stereocenters. The molecule has 0 unspecified atom stereocenters. The van der Waals surface area contributed by atoms with Gasteiger partial charge in [0.05, 0.1) is 18.7 Å². The molecule has 28 heavy (non-hydrogen) atoms. The number of nitrogens with zero attached hydrogens (tertiary/aromatic N) is 4. The summed E-state index contributed by atoms with van der Waals surface area (Å²) in [5, 5.41) is 5.42. The maximum atomic E-state index is 4.64. The van der Waals surface area contributed by atoms with Crippen LogP contribution >= 0.6 is 11.3 Å². The number of anilines is 1. The van der Waals surface area contributed by atoms with Crippen LogP contribution in [0.2, 0.25) is 0 Å². The first-order valence-electron chi connectivity index (χ1n) is 9.26. The number of aromatic nitrogens is 4. The summed E-state index contributed by atoms with van der Waals surface area (Å²) in [4.78, 5) is 14.7. The Morgan fingerprint density at radius 1 is 1.04 bits per heavy atom. The van der Waals surface area contributed by atoms with Gasteiger partial charge in [-0.15, -0.1) is 11.3 Å². The minimum atomic E-state index is 0.581. The van der Waals surface area contributed by atoms with Gasteiger partial charge in [0.15, 0.2) is 0 Å². The van der Waals surface area contributed by atoms with Gasteiger partial charge in [-0.3, -0.25) is 0 Å². The SMILES string of the molecule is Cc1ccc(Cc2cncn2CNc2ncc(-c3sccc3C)c(C)n2)cc1. The molecule has 0 bridgehead atoms. The average molecular weight is 390 g/mol. The molecule has 0 amide bonds. The van der Waals surface area contributed by atoms with Crippen LogP contribution in [0.3, 0.4) is 0 Å². The molecule has 0 saturated heterocycles. The summed E-state index contributed by atoms with van der Waals surface area (Å²) in [6.07, 6.45) is 6.51. The molecule has 3 aromatic heterocycles. The van der Waals surface area contributed by atoms with Gasteiger partial charge in [-0.05, 0) is 43.3 Å². The molecule has 0 aliphatic heterocycles. The van der Waals surface area contributed by atoms with Crippen LogP contribution in [0.15, 0.2) is 54.4 Å². The van der Waals surface area contributed by atoms with Crippen molar-refractivity contribution < 1.29 is 0 Å². The second kappa shape index (κ2) is 7.94. The summed E-state index contributed by atoms with van der Waals surface area (Å²) in [7, 11) is 0. The third-order valence-corrected chi connectivity index (χ3v) is 5.85. The number of hydrogen-bond acceptors (Lipinski definition) is 5. The predicted molar refractivity (Wildman–Crippen MR) is 115 cm³/mol. The van der Waals surface area contributed by atoms with E-state index in [2.05, 4.69) is 74.4 Å². The van der Waals surface area contributed by atoms with Crippen LogP contribution in [0.25, 0.3) is 10.4 Å². The maximum absolute atomic E-state index is 4.64. The fourth-order valence-electron chi connectivity index (χ4n) is 3.13. The van der Waals surface area contributed by atoms with E-state index in [0.29, 0.717) is 12.6 Å². The highest BCUT2D eigenvalue weighted by Crippen LogP contribution is 2.30. The van der Waals surface area contributed by atoms with E-state index >= 15 is 0 Å². The van der Waals surface area contributed by atoms with E-state index in [4.69, 9.17) is 0 Å². The van der Waals surface area contributed by atoms with Gasteiger partial charge in [0, 0.05) is 34.9 Å². The highest BCUT2D eigenvalue weighted by atomic mass is 32.1. The lowest BCUT2D eigenvalue weighted by Crippen LogP contribution is -2.12. The van der Waals surface area contributed by atoms with Crippen molar-refractivity contribution in [2.75, 3.05) is 5.32 Å². The van der Waals surface area contributed by atoms with Gasteiger partial charge in [0.25, 0.3) is 0 Å². The molecule has 1 aromatic carbocycles. The first-order valence-corrected chi connectivity index (χ1v) is 10.1. The van der Waals surface area contributed by atoms with Gasteiger partial charge < -0.3 is 9.88 Å². The Hall–Kier alpha value is -2.99. The van der Waals surface area contributed by atoms with Crippen LogP contribution < -0.4 is 5.32 Å². The first-order chi connectivity index (χ1) is 13.6. The lowest BCUT2D eigenvalue weighted by atomic mass is 10.1. The van der Waals surface area contributed by atoms with Crippen LogP contribution in [0, 0.1) is 20.8 Å². The Balaban J connectivity index is 1.45. The highest BCUT2D eigenvalue weighted by molar-refractivity contribution is 7.13. The number of aryl methyl sites for hydroxylation is 3. The number of thiophene rings is 1. The predicted octanol–water partition coefficient (Wildman–Crippen LogP) is 4.99. The number of nitrogens with one attached hydrogen (secondary N) is 1. The summed E-state index contributed by atoms with van der Waals surface area (Å²) < 4.78 is 2.09. The van der Waals surface area contributed by atoms with Crippen LogP contribution in [0.1, 0.15) is 28.1 Å². The number of imidazole rings is 1. The molecule has 3 heterocycles. The monoisotopic (exact) mass is 389 g/mol. The van der Waals surface area contributed by atoms with E-state index in [1.54, 1.807) is 11.3 Å². The molecule has 5 nitrogen and oxygen atoms in total. The van der Waals surface area contributed by atoms with Crippen molar-refractivity contribution >= 4 is 17.3 Å². The van der Waals surface area contributed by atoms with Crippen LogP contribution in [-0.2, 0) is 13.1 Å². The van der Waals surface area contributed by atoms with Crippen molar-refractivity contribution in [3.8, 4) is 10.4 Å². The van der Waals surface area contributed by atoms with Crippen molar-refractivity contribution in [1.29, 1.82) is 0 Å². The molecule has 0 radical (unpaired) electrons. The quantitative estimate of drug-likeness (QED) is 0.505. The van der Waals surface area contributed by atoms with E-state index in [9.17, 15) is 0 Å². The Kier molecular flexibility index (Phi) is 5.21. The minimum Gasteiger partial charge on any atom is -0.336 e. The number of rotatable bonds is 6. The third-order valence-electron chi connectivity index (χ3n) is 4.80. The van der Waals surface area contributed by atoms with Crippen LogP contribution in [0.4, 0.5) is 5.95 Å². The molecule has 1 N–H and O–H groups in total. The van der Waals surface area contributed by atoms with E-state index in [0.717, 1.165) is 23.4 Å². The van der Waals surface area contributed by atoms with E-state index < -0.39 is 0 Å².